The third kappa shape index (κ3) is 7.23. The molecule has 2 aromatic heterocycles. The fraction of sp³-hybridized carbons (Fsp3) is 0.472. The molecule has 4 aromatic rings. The molecule has 3 fully saturated rings. The van der Waals surface area contributed by atoms with Gasteiger partial charge in [0.15, 0.2) is 17.0 Å². The normalized spacial score (nSPS) is 24.9. The maximum absolute atomic E-state index is 12.7. The number of aromatic nitrogens is 4. The van der Waals surface area contributed by atoms with Crippen LogP contribution >= 0.6 is 0 Å². The van der Waals surface area contributed by atoms with Crippen LogP contribution < -0.4 is 31.5 Å². The van der Waals surface area contributed by atoms with Crippen molar-refractivity contribution in [3.63, 3.8) is 0 Å². The molecule has 6 atom stereocenters. The number of nitrogens with one attached hydrogen (secondary N) is 5. The Hall–Kier alpha value is -4.79. The molecule has 4 heterocycles. The molecule has 1 unspecified atom stereocenters. The number of carbonyl (C=O) groups is 2. The number of rotatable bonds is 11. The first-order valence-corrected chi connectivity index (χ1v) is 17.6. The summed E-state index contributed by atoms with van der Waals surface area (Å²) >= 11 is 0. The van der Waals surface area contributed by atoms with Gasteiger partial charge < -0.3 is 46.3 Å². The number of benzene rings is 2. The number of imidazole rings is 1. The van der Waals surface area contributed by atoms with E-state index in [1.165, 1.54) is 0 Å². The van der Waals surface area contributed by atoms with Crippen molar-refractivity contribution in [2.45, 2.75) is 74.9 Å². The van der Waals surface area contributed by atoms with Crippen molar-refractivity contribution < 1.29 is 19.8 Å². The third-order valence-corrected chi connectivity index (χ3v) is 10.2. The highest BCUT2D eigenvalue weighted by Gasteiger charge is 2.44. The Morgan fingerprint density at radius 3 is 2.34 bits per heavy atom. The first-order chi connectivity index (χ1) is 24.4. The van der Waals surface area contributed by atoms with Gasteiger partial charge in [0.05, 0.1) is 18.4 Å². The lowest BCUT2D eigenvalue weighted by Crippen LogP contribution is -2.47. The average Bonchev–Trinajstić information content (AvgIpc) is 3.95. The highest BCUT2D eigenvalue weighted by molar-refractivity contribution is 5.85. The average molecular weight is 683 g/mol. The van der Waals surface area contributed by atoms with Crippen LogP contribution in [0.2, 0.25) is 0 Å². The van der Waals surface area contributed by atoms with Gasteiger partial charge in [-0.1, -0.05) is 67.6 Å². The van der Waals surface area contributed by atoms with E-state index in [-0.39, 0.29) is 36.4 Å². The standard InChI is InChI=1S/C36H46N10O4/c1-2-29(47)42-27-17-28(32(49)31(27)48)46-21-39-30-33(38-19-26(22-9-5-3-6-10-22)23-11-7-4-8-12-23)43-35(44-34(30)46)45-16-14-25(20-45)41-36(50)40-24-13-15-37-18-24/h3-12,21,24-28,31-32,37,48-49H,2,13-20H2,1H3,(H,42,47)(H,38,43,44)(H2,40,41,50)/t24-,25+,27-,28?,31+,32-/m0/s1. The van der Waals surface area contributed by atoms with E-state index in [0.717, 1.165) is 37.1 Å². The highest BCUT2D eigenvalue weighted by atomic mass is 16.3. The van der Waals surface area contributed by atoms with Crippen molar-refractivity contribution in [3.8, 4) is 0 Å². The van der Waals surface area contributed by atoms with E-state index in [9.17, 15) is 19.8 Å². The molecule has 264 valence electrons. The van der Waals surface area contributed by atoms with Crippen LogP contribution in [0.4, 0.5) is 16.6 Å². The Morgan fingerprint density at radius 2 is 1.66 bits per heavy atom. The van der Waals surface area contributed by atoms with Crippen LogP contribution in [0.25, 0.3) is 11.2 Å². The Kier molecular flexibility index (Phi) is 10.1. The Balaban J connectivity index is 1.18. The van der Waals surface area contributed by atoms with Gasteiger partial charge in [-0.05, 0) is 36.9 Å². The van der Waals surface area contributed by atoms with Crippen molar-refractivity contribution >= 4 is 34.9 Å². The predicted octanol–water partition coefficient (Wildman–Crippen LogP) is 1.87. The summed E-state index contributed by atoms with van der Waals surface area (Å²) in [5.74, 6) is 0.862. The van der Waals surface area contributed by atoms with Gasteiger partial charge in [-0.2, -0.15) is 9.97 Å². The van der Waals surface area contributed by atoms with Crippen LogP contribution in [0, 0.1) is 0 Å². The van der Waals surface area contributed by atoms with Gasteiger partial charge in [-0.15, -0.1) is 0 Å². The minimum atomic E-state index is -1.14. The number of carbonyl (C=O) groups excluding carboxylic acids is 2. The summed E-state index contributed by atoms with van der Waals surface area (Å²) in [5.41, 5.74) is 3.36. The lowest BCUT2D eigenvalue weighted by Gasteiger charge is -2.22. The van der Waals surface area contributed by atoms with E-state index in [4.69, 9.17) is 15.0 Å². The molecule has 2 aromatic carbocycles. The van der Waals surface area contributed by atoms with Crippen LogP contribution in [-0.2, 0) is 4.79 Å². The van der Waals surface area contributed by atoms with Gasteiger partial charge in [0.25, 0.3) is 0 Å². The van der Waals surface area contributed by atoms with Crippen LogP contribution in [0.1, 0.15) is 55.7 Å². The van der Waals surface area contributed by atoms with E-state index in [1.807, 2.05) is 36.4 Å². The first-order valence-electron chi connectivity index (χ1n) is 17.6. The predicted molar refractivity (Wildman–Crippen MR) is 190 cm³/mol. The van der Waals surface area contributed by atoms with Crippen molar-refractivity contribution in [2.24, 2.45) is 0 Å². The van der Waals surface area contributed by atoms with Crippen LogP contribution in [0.15, 0.2) is 67.0 Å². The van der Waals surface area contributed by atoms with E-state index < -0.39 is 24.3 Å². The number of fused-ring (bicyclic) bond motifs is 1. The molecule has 0 bridgehead atoms. The number of aliphatic hydroxyl groups excluding tert-OH is 2. The summed E-state index contributed by atoms with van der Waals surface area (Å²) in [6.45, 7) is 5.12. The highest BCUT2D eigenvalue weighted by Crippen LogP contribution is 2.35. The fourth-order valence-electron chi connectivity index (χ4n) is 7.40. The molecule has 7 N–H and O–H groups in total. The molecule has 14 heteroatoms. The first kappa shape index (κ1) is 33.7. The Labute approximate surface area is 291 Å². The van der Waals surface area contributed by atoms with E-state index in [0.29, 0.717) is 49.0 Å². The smallest absolute Gasteiger partial charge is 0.315 e. The number of anilines is 2. The summed E-state index contributed by atoms with van der Waals surface area (Å²) in [6.07, 6.45) is 1.58. The maximum Gasteiger partial charge on any atom is 0.315 e. The number of hydrogen-bond acceptors (Lipinski definition) is 10. The van der Waals surface area contributed by atoms with Crippen LogP contribution in [0.3, 0.4) is 0 Å². The second-order valence-electron chi connectivity index (χ2n) is 13.5. The number of hydrogen-bond donors (Lipinski definition) is 7. The molecule has 50 heavy (non-hydrogen) atoms. The fourth-order valence-corrected chi connectivity index (χ4v) is 7.40. The molecule has 2 saturated heterocycles. The molecular formula is C36H46N10O4. The largest absolute Gasteiger partial charge is 0.388 e. The zero-order valence-electron chi connectivity index (χ0n) is 28.2. The minimum Gasteiger partial charge on any atom is -0.388 e. The van der Waals surface area contributed by atoms with E-state index in [1.54, 1.807) is 17.8 Å². The van der Waals surface area contributed by atoms with E-state index >= 15 is 0 Å². The number of aliphatic hydroxyl groups is 2. The third-order valence-electron chi connectivity index (χ3n) is 10.2. The van der Waals surface area contributed by atoms with Gasteiger partial charge >= 0.3 is 6.03 Å². The van der Waals surface area contributed by atoms with Crippen LogP contribution in [0.5, 0.6) is 0 Å². The molecule has 7 rings (SSSR count). The number of urea groups is 1. The number of nitrogens with zero attached hydrogens (tertiary/aromatic N) is 5. The van der Waals surface area contributed by atoms with E-state index in [2.05, 4.69) is 55.7 Å². The monoisotopic (exact) mass is 682 g/mol. The van der Waals surface area contributed by atoms with Gasteiger partial charge in [0.1, 0.15) is 12.2 Å². The molecule has 1 aliphatic carbocycles. The lowest BCUT2D eigenvalue weighted by molar-refractivity contribution is -0.122. The molecule has 3 aliphatic rings. The Morgan fingerprint density at radius 1 is 0.940 bits per heavy atom. The molecule has 3 amide bonds. The topological polar surface area (TPSA) is 182 Å². The molecule has 2 aliphatic heterocycles. The van der Waals surface area contributed by atoms with Crippen LogP contribution in [-0.4, -0.2) is 105 Å². The second-order valence-corrected chi connectivity index (χ2v) is 13.5. The Bertz CT molecular complexity index is 1730. The summed E-state index contributed by atoms with van der Waals surface area (Å²) in [5, 5.41) is 37.9. The summed E-state index contributed by atoms with van der Waals surface area (Å²) in [7, 11) is 0. The van der Waals surface area contributed by atoms with Crippen molar-refractivity contribution in [2.75, 3.05) is 42.9 Å². The second kappa shape index (κ2) is 15.0. The zero-order chi connectivity index (χ0) is 34.6. The minimum absolute atomic E-state index is 0.0247. The molecule has 0 radical (unpaired) electrons. The summed E-state index contributed by atoms with van der Waals surface area (Å²) in [6, 6.07) is 19.3. The van der Waals surface area contributed by atoms with Crippen molar-refractivity contribution in [3.05, 3.63) is 78.1 Å². The van der Waals surface area contributed by atoms with Crippen molar-refractivity contribution in [1.29, 1.82) is 0 Å². The molecule has 1 saturated carbocycles. The van der Waals surface area contributed by atoms with Crippen molar-refractivity contribution in [1.82, 2.24) is 40.8 Å². The molecule has 0 spiro atoms. The SMILES string of the molecule is CCC(=O)N[C@H]1CC(n2cnc3c(NCC(c4ccccc4)c4ccccc4)nc(N4CC[C@@H](NC(=O)N[C@H]5CCNC5)C4)nc32)[C@H](O)[C@@H]1O. The quantitative estimate of drug-likeness (QED) is 0.123. The van der Waals surface area contributed by atoms with Gasteiger partial charge in [-0.25, -0.2) is 9.78 Å². The molecule has 14 nitrogen and oxygen atoms in total. The lowest BCUT2D eigenvalue weighted by atomic mass is 9.91. The zero-order valence-corrected chi connectivity index (χ0v) is 28.2. The van der Waals surface area contributed by atoms with Gasteiger partial charge in [0.2, 0.25) is 11.9 Å². The maximum atomic E-state index is 12.7. The summed E-state index contributed by atoms with van der Waals surface area (Å²) in [4.78, 5) is 41.7. The van der Waals surface area contributed by atoms with Gasteiger partial charge in [-0.3, -0.25) is 4.79 Å². The molecular weight excluding hydrogens is 636 g/mol. The summed E-state index contributed by atoms with van der Waals surface area (Å²) < 4.78 is 1.79. The number of amides is 3. The van der Waals surface area contributed by atoms with Gasteiger partial charge in [0, 0.05) is 50.6 Å².